The van der Waals surface area contributed by atoms with Crippen molar-refractivity contribution in [3.8, 4) is 0 Å². The number of carbonyl (C=O) groups is 5. The summed E-state index contributed by atoms with van der Waals surface area (Å²) in [6.07, 6.45) is 2.25. The zero-order valence-electron chi connectivity index (χ0n) is 24.6. The molecule has 1 saturated heterocycles. The lowest BCUT2D eigenvalue weighted by Crippen LogP contribution is -2.56. The molecule has 9 heteroatoms. The number of amides is 4. The molecule has 0 aromatic heterocycles. The fourth-order valence-electron chi connectivity index (χ4n) is 5.87. The van der Waals surface area contributed by atoms with Crippen molar-refractivity contribution in [1.29, 1.82) is 0 Å². The van der Waals surface area contributed by atoms with Gasteiger partial charge >= 0.3 is 0 Å². The number of hydrogen-bond donors (Lipinski definition) is 3. The van der Waals surface area contributed by atoms with Crippen LogP contribution < -0.4 is 16.0 Å². The number of Topliss-reactive ketones (excluding diaryl/α,β-unsaturated/α-hetero) is 1. The lowest BCUT2D eigenvalue weighted by molar-refractivity contribution is -0.146. The molecule has 3 N–H and O–H groups in total. The average molecular weight is 553 g/mol. The number of ketones is 1. The molecule has 2 aliphatic carbocycles. The van der Waals surface area contributed by atoms with Gasteiger partial charge in [0.15, 0.2) is 0 Å². The first kappa shape index (κ1) is 29.7. The van der Waals surface area contributed by atoms with Crippen LogP contribution in [0.5, 0.6) is 0 Å². The Hall–Kier alpha value is -3.23. The molecule has 218 valence electrons. The Kier molecular flexibility index (Phi) is 8.43. The SMILES string of the molecule is C[C@H](C(=O)N1C[C@H]2[C@@H]([C@H]1C(=O)NC(CC1CC1)C(=O)C(=O)NCC(=O)NCc1ccccc1)C2(C)C)C(C)(C)C. The monoisotopic (exact) mass is 552 g/mol. The van der Waals surface area contributed by atoms with Gasteiger partial charge in [0, 0.05) is 19.0 Å². The van der Waals surface area contributed by atoms with E-state index in [1.54, 1.807) is 4.90 Å². The van der Waals surface area contributed by atoms with Gasteiger partial charge in [0.25, 0.3) is 5.91 Å². The van der Waals surface area contributed by atoms with Gasteiger partial charge in [-0.05, 0) is 40.6 Å². The Bertz CT molecular complexity index is 1150. The number of nitrogens with zero attached hydrogens (tertiary/aromatic N) is 1. The number of benzene rings is 1. The summed E-state index contributed by atoms with van der Waals surface area (Å²) in [5.41, 5.74) is 0.600. The van der Waals surface area contributed by atoms with E-state index in [1.807, 2.05) is 58.0 Å². The number of carbonyl (C=O) groups excluding carboxylic acids is 5. The maximum Gasteiger partial charge on any atom is 0.290 e. The summed E-state index contributed by atoms with van der Waals surface area (Å²) >= 11 is 0. The number of rotatable bonds is 11. The number of likely N-dealkylation sites (tertiary alicyclic amines) is 1. The molecule has 1 aromatic carbocycles. The second kappa shape index (κ2) is 11.3. The fraction of sp³-hybridized carbons (Fsp3) is 0.645. The molecule has 5 atom stereocenters. The molecule has 1 unspecified atom stereocenters. The summed E-state index contributed by atoms with van der Waals surface area (Å²) in [4.78, 5) is 67.1. The maximum absolute atomic E-state index is 13.7. The second-order valence-electron chi connectivity index (χ2n) is 13.5. The summed E-state index contributed by atoms with van der Waals surface area (Å²) < 4.78 is 0. The van der Waals surface area contributed by atoms with Crippen molar-refractivity contribution in [3.63, 3.8) is 0 Å². The van der Waals surface area contributed by atoms with Gasteiger partial charge in [0.05, 0.1) is 12.6 Å². The van der Waals surface area contributed by atoms with E-state index in [9.17, 15) is 24.0 Å². The molecular formula is C31H44N4O5. The van der Waals surface area contributed by atoms with E-state index in [-0.39, 0.29) is 52.9 Å². The molecule has 40 heavy (non-hydrogen) atoms. The maximum atomic E-state index is 13.7. The number of nitrogens with one attached hydrogen (secondary N) is 3. The molecule has 1 heterocycles. The van der Waals surface area contributed by atoms with Gasteiger partial charge in [-0.1, -0.05) is 84.7 Å². The highest BCUT2D eigenvalue weighted by molar-refractivity contribution is 6.38. The van der Waals surface area contributed by atoms with E-state index < -0.39 is 29.7 Å². The van der Waals surface area contributed by atoms with Crippen molar-refractivity contribution in [2.75, 3.05) is 13.1 Å². The van der Waals surface area contributed by atoms with Crippen LogP contribution in [0.25, 0.3) is 0 Å². The Morgan fingerprint density at radius 3 is 2.27 bits per heavy atom. The van der Waals surface area contributed by atoms with Gasteiger partial charge in [-0.15, -0.1) is 0 Å². The molecule has 0 spiro atoms. The third-order valence-corrected chi connectivity index (χ3v) is 9.29. The standard InChI is InChI=1S/C31H44N4O5/c1-18(30(2,3)4)29(40)35-17-21-24(31(21,5)6)25(35)27(38)34-22(14-19-12-13-19)26(37)28(39)33-16-23(36)32-15-20-10-8-7-9-11-20/h7-11,18-19,21-22,24-25H,12-17H2,1-6H3,(H,32,36)(H,33,39)(H,34,38)/t18-,21+,22?,24+,25+/m1/s1. The van der Waals surface area contributed by atoms with Crippen LogP contribution in [0.1, 0.15) is 66.4 Å². The summed E-state index contributed by atoms with van der Waals surface area (Å²) in [5.74, 6) is -2.26. The molecule has 2 saturated carbocycles. The van der Waals surface area contributed by atoms with Crippen LogP contribution in [-0.4, -0.2) is 59.5 Å². The zero-order valence-corrected chi connectivity index (χ0v) is 24.6. The molecule has 3 fully saturated rings. The van der Waals surface area contributed by atoms with Crippen LogP contribution >= 0.6 is 0 Å². The summed E-state index contributed by atoms with van der Waals surface area (Å²) in [6.45, 7) is 12.6. The van der Waals surface area contributed by atoms with E-state index in [0.717, 1.165) is 18.4 Å². The predicted octanol–water partition coefficient (Wildman–Crippen LogP) is 2.44. The van der Waals surface area contributed by atoms with Crippen LogP contribution in [0.3, 0.4) is 0 Å². The van der Waals surface area contributed by atoms with Crippen molar-refractivity contribution in [1.82, 2.24) is 20.9 Å². The van der Waals surface area contributed by atoms with Crippen LogP contribution in [0.4, 0.5) is 0 Å². The van der Waals surface area contributed by atoms with Crippen molar-refractivity contribution in [3.05, 3.63) is 35.9 Å². The number of hydrogen-bond acceptors (Lipinski definition) is 5. The van der Waals surface area contributed by atoms with Crippen LogP contribution in [0, 0.1) is 34.5 Å². The van der Waals surface area contributed by atoms with Crippen LogP contribution in [-0.2, 0) is 30.5 Å². The lowest BCUT2D eigenvalue weighted by atomic mass is 9.81. The molecule has 3 aliphatic rings. The summed E-state index contributed by atoms with van der Waals surface area (Å²) in [5, 5.41) is 7.98. The van der Waals surface area contributed by atoms with Gasteiger partial charge in [0.2, 0.25) is 23.5 Å². The third-order valence-electron chi connectivity index (χ3n) is 9.29. The average Bonchev–Trinajstić information content (AvgIpc) is 3.76. The largest absolute Gasteiger partial charge is 0.350 e. The first-order valence-electron chi connectivity index (χ1n) is 14.4. The van der Waals surface area contributed by atoms with Gasteiger partial charge in [-0.2, -0.15) is 0 Å². The molecule has 1 aromatic rings. The minimum absolute atomic E-state index is 0.0161. The summed E-state index contributed by atoms with van der Waals surface area (Å²) in [6, 6.07) is 7.71. The Labute approximate surface area is 237 Å². The first-order chi connectivity index (χ1) is 18.7. The zero-order chi connectivity index (χ0) is 29.4. The van der Waals surface area contributed by atoms with E-state index in [4.69, 9.17) is 0 Å². The normalized spacial score (nSPS) is 24.4. The van der Waals surface area contributed by atoms with Crippen molar-refractivity contribution in [2.45, 2.75) is 79.4 Å². The van der Waals surface area contributed by atoms with E-state index in [2.05, 4.69) is 29.8 Å². The topological polar surface area (TPSA) is 125 Å². The van der Waals surface area contributed by atoms with Gasteiger partial charge in [-0.3, -0.25) is 24.0 Å². The Morgan fingerprint density at radius 2 is 1.68 bits per heavy atom. The van der Waals surface area contributed by atoms with Gasteiger partial charge in [0.1, 0.15) is 6.04 Å². The quantitative estimate of drug-likeness (QED) is 0.364. The van der Waals surface area contributed by atoms with Crippen molar-refractivity contribution < 1.29 is 24.0 Å². The Morgan fingerprint density at radius 1 is 1.02 bits per heavy atom. The van der Waals surface area contributed by atoms with E-state index >= 15 is 0 Å². The minimum atomic E-state index is -0.995. The van der Waals surface area contributed by atoms with Gasteiger partial charge in [-0.25, -0.2) is 0 Å². The van der Waals surface area contributed by atoms with Crippen LogP contribution in [0.15, 0.2) is 30.3 Å². The molecule has 1 aliphatic heterocycles. The molecule has 4 amide bonds. The molecule has 0 radical (unpaired) electrons. The summed E-state index contributed by atoms with van der Waals surface area (Å²) in [7, 11) is 0. The lowest BCUT2D eigenvalue weighted by Gasteiger charge is -2.36. The first-order valence-corrected chi connectivity index (χ1v) is 14.4. The highest BCUT2D eigenvalue weighted by Gasteiger charge is 2.69. The molecule has 0 bridgehead atoms. The van der Waals surface area contributed by atoms with E-state index in [0.29, 0.717) is 19.5 Å². The van der Waals surface area contributed by atoms with Crippen molar-refractivity contribution in [2.24, 2.45) is 34.5 Å². The molecular weight excluding hydrogens is 508 g/mol. The molecule has 9 nitrogen and oxygen atoms in total. The molecule has 4 rings (SSSR count). The third kappa shape index (κ3) is 6.56. The second-order valence-corrected chi connectivity index (χ2v) is 13.5. The number of fused-ring (bicyclic) bond motifs is 1. The smallest absolute Gasteiger partial charge is 0.290 e. The van der Waals surface area contributed by atoms with Gasteiger partial charge < -0.3 is 20.9 Å². The van der Waals surface area contributed by atoms with Crippen molar-refractivity contribution >= 4 is 29.4 Å². The Balaban J connectivity index is 1.38. The highest BCUT2D eigenvalue weighted by Crippen LogP contribution is 2.65. The predicted molar refractivity (Wildman–Crippen MR) is 150 cm³/mol. The fourth-order valence-corrected chi connectivity index (χ4v) is 5.87. The van der Waals surface area contributed by atoms with E-state index in [1.165, 1.54) is 0 Å². The number of piperidine rings is 1. The minimum Gasteiger partial charge on any atom is -0.350 e. The van der Waals surface area contributed by atoms with Crippen LogP contribution in [0.2, 0.25) is 0 Å². The highest BCUT2D eigenvalue weighted by atomic mass is 16.2.